The topological polar surface area (TPSA) is 84.1 Å². The van der Waals surface area contributed by atoms with Gasteiger partial charge >= 0.3 is 0 Å². The first-order valence-electron chi connectivity index (χ1n) is 8.04. The fraction of sp³-hybridized carbons (Fsp3) is 0.222. The van der Waals surface area contributed by atoms with E-state index in [0.29, 0.717) is 0 Å². The van der Waals surface area contributed by atoms with E-state index in [1.807, 2.05) is 48.8 Å². The Morgan fingerprint density at radius 1 is 0.880 bits per heavy atom. The van der Waals surface area contributed by atoms with Crippen molar-refractivity contribution in [3.63, 3.8) is 0 Å². The summed E-state index contributed by atoms with van der Waals surface area (Å²) >= 11 is 0. The first-order chi connectivity index (χ1) is 11.9. The van der Waals surface area contributed by atoms with Crippen LogP contribution in [0, 0.1) is 0 Å². The quantitative estimate of drug-likeness (QED) is 0.488. The first-order valence-corrected chi connectivity index (χ1v) is 9.77. The van der Waals surface area contributed by atoms with Crippen molar-refractivity contribution in [1.29, 1.82) is 0 Å². The van der Waals surface area contributed by atoms with Gasteiger partial charge in [-0.15, -0.1) is 0 Å². The molecule has 0 N–H and O–H groups in total. The lowest BCUT2D eigenvalue weighted by molar-refractivity contribution is -0.693. The average molecular weight is 358 g/mol. The minimum absolute atomic E-state index is 0.148. The van der Waals surface area contributed by atoms with Crippen LogP contribution in [0.15, 0.2) is 65.6 Å². The molecule has 0 spiro atoms. The van der Waals surface area contributed by atoms with E-state index >= 15 is 0 Å². The zero-order chi connectivity index (χ0) is 17.9. The summed E-state index contributed by atoms with van der Waals surface area (Å²) in [5.74, 6) is 1.52. The summed E-state index contributed by atoms with van der Waals surface area (Å²) in [6.45, 7) is 3.15. The average Bonchev–Trinajstić information content (AvgIpc) is 3.10. The molecule has 6 nitrogen and oxygen atoms in total. The Morgan fingerprint density at radius 3 is 1.80 bits per heavy atom. The van der Waals surface area contributed by atoms with Gasteiger partial charge in [0.15, 0.2) is 31.3 Å². The Morgan fingerprint density at radius 2 is 1.36 bits per heavy atom. The van der Waals surface area contributed by atoms with Crippen LogP contribution < -0.4 is 18.9 Å². The summed E-state index contributed by atoms with van der Waals surface area (Å²) in [5.41, 5.74) is 1.89. The summed E-state index contributed by atoms with van der Waals surface area (Å²) in [7, 11) is -4.48. The Balaban J connectivity index is 1.74. The van der Waals surface area contributed by atoms with Crippen molar-refractivity contribution in [3.05, 3.63) is 61.2 Å². The summed E-state index contributed by atoms with van der Waals surface area (Å²) in [5, 5.41) is 0. The van der Waals surface area contributed by atoms with Crippen molar-refractivity contribution in [3.8, 4) is 22.6 Å². The van der Waals surface area contributed by atoms with Gasteiger partial charge in [0, 0.05) is 41.6 Å². The maximum Gasteiger partial charge on any atom is 0.169 e. The lowest BCUT2D eigenvalue weighted by atomic mass is 10.2. The van der Waals surface area contributed by atoms with Crippen molar-refractivity contribution in [1.82, 2.24) is 0 Å². The summed E-state index contributed by atoms with van der Waals surface area (Å²) in [6, 6.07) is 11.5. The molecule has 0 aliphatic heterocycles. The Bertz CT molecular complexity index is 882. The number of aryl methyl sites for hydroxylation is 2. The third-order valence-corrected chi connectivity index (χ3v) is 4.70. The van der Waals surface area contributed by atoms with E-state index < -0.39 is 13.8 Å². The number of furan rings is 1. The molecule has 3 aromatic rings. The highest BCUT2D eigenvalue weighted by Crippen LogP contribution is 2.27. The van der Waals surface area contributed by atoms with Crippen LogP contribution in [0.5, 0.6) is 0 Å². The molecular formula is C18H19N2O4P. The van der Waals surface area contributed by atoms with E-state index in [1.165, 1.54) is 0 Å². The summed E-state index contributed by atoms with van der Waals surface area (Å²) in [4.78, 5) is 21.4. The second kappa shape index (κ2) is 7.31. The summed E-state index contributed by atoms with van der Waals surface area (Å²) < 4.78 is 20.4. The minimum atomic E-state index is -4.48. The monoisotopic (exact) mass is 358 g/mol. The normalized spacial score (nSPS) is 11.6. The molecule has 0 amide bonds. The molecule has 130 valence electrons. The molecule has 0 fully saturated rings. The van der Waals surface area contributed by atoms with Crippen LogP contribution in [0.3, 0.4) is 0 Å². The van der Waals surface area contributed by atoms with Crippen molar-refractivity contribution < 1.29 is 27.9 Å². The van der Waals surface area contributed by atoms with Crippen molar-refractivity contribution >= 4 is 7.60 Å². The van der Waals surface area contributed by atoms with Crippen molar-refractivity contribution in [2.45, 2.75) is 20.0 Å². The van der Waals surface area contributed by atoms with E-state index in [2.05, 4.69) is 11.5 Å². The van der Waals surface area contributed by atoms with Crippen LogP contribution in [0.2, 0.25) is 0 Å². The van der Waals surface area contributed by atoms with Gasteiger partial charge in [-0.1, -0.05) is 7.60 Å². The highest BCUT2D eigenvalue weighted by Gasteiger charge is 2.10. The number of rotatable bonds is 6. The molecule has 0 atom stereocenters. The molecule has 0 saturated carbocycles. The van der Waals surface area contributed by atoms with E-state index in [0.717, 1.165) is 29.2 Å². The molecule has 25 heavy (non-hydrogen) atoms. The zero-order valence-electron chi connectivity index (χ0n) is 13.9. The molecule has 0 aliphatic carbocycles. The predicted molar refractivity (Wildman–Crippen MR) is 88.1 cm³/mol. The zero-order valence-corrected chi connectivity index (χ0v) is 14.8. The minimum Gasteiger partial charge on any atom is -0.811 e. The second-order valence-corrected chi connectivity index (χ2v) is 7.41. The van der Waals surface area contributed by atoms with Gasteiger partial charge in [-0.05, 0) is 19.1 Å². The maximum atomic E-state index is 10.7. The highest BCUT2D eigenvalue weighted by molar-refractivity contribution is 7.48. The lowest BCUT2D eigenvalue weighted by Gasteiger charge is -2.27. The van der Waals surface area contributed by atoms with Gasteiger partial charge < -0.3 is 18.8 Å². The molecule has 0 unspecified atom stereocenters. The smallest absolute Gasteiger partial charge is 0.169 e. The Hall–Kier alpha value is -2.27. The van der Waals surface area contributed by atoms with Gasteiger partial charge in [0.1, 0.15) is 18.1 Å². The summed E-state index contributed by atoms with van der Waals surface area (Å²) in [6.07, 6.45) is 7.09. The fourth-order valence-electron chi connectivity index (χ4n) is 2.49. The van der Waals surface area contributed by atoms with Gasteiger partial charge in [-0.2, -0.15) is 0 Å². The second-order valence-electron chi connectivity index (χ2n) is 5.74. The van der Waals surface area contributed by atoms with Gasteiger partial charge in [0.25, 0.3) is 0 Å². The fourth-order valence-corrected chi connectivity index (χ4v) is 2.97. The molecular weight excluding hydrogens is 339 g/mol. The molecule has 3 rings (SSSR count). The predicted octanol–water partition coefficient (Wildman–Crippen LogP) is 1.12. The van der Waals surface area contributed by atoms with E-state index in [4.69, 9.17) is 4.42 Å². The number of aromatic nitrogens is 2. The SMILES string of the molecule is CC[n+]1ccc(-c2ccc(-c3cc[n+](CCP(=O)([O-])[O-])cc3)o2)cc1. The lowest BCUT2D eigenvalue weighted by Crippen LogP contribution is -2.36. The van der Waals surface area contributed by atoms with Crippen LogP contribution in [0.1, 0.15) is 6.92 Å². The van der Waals surface area contributed by atoms with Crippen molar-refractivity contribution in [2.75, 3.05) is 6.16 Å². The van der Waals surface area contributed by atoms with E-state index in [-0.39, 0.29) is 6.54 Å². The van der Waals surface area contributed by atoms with E-state index in [9.17, 15) is 14.4 Å². The van der Waals surface area contributed by atoms with Crippen LogP contribution in [-0.2, 0) is 17.7 Å². The van der Waals surface area contributed by atoms with Crippen LogP contribution in [0.4, 0.5) is 0 Å². The molecule has 0 aliphatic rings. The van der Waals surface area contributed by atoms with Crippen LogP contribution in [-0.4, -0.2) is 6.16 Å². The number of nitrogens with zero attached hydrogens (tertiary/aromatic N) is 2. The van der Waals surface area contributed by atoms with Gasteiger partial charge in [0.05, 0.1) is 0 Å². The maximum absolute atomic E-state index is 10.7. The van der Waals surface area contributed by atoms with Gasteiger partial charge in [-0.25, -0.2) is 9.13 Å². The largest absolute Gasteiger partial charge is 0.811 e. The molecule has 0 saturated heterocycles. The van der Waals surface area contributed by atoms with Gasteiger partial charge in [0.2, 0.25) is 0 Å². The molecule has 0 radical (unpaired) electrons. The molecule has 3 aromatic heterocycles. The van der Waals surface area contributed by atoms with Crippen molar-refractivity contribution in [2.24, 2.45) is 0 Å². The Labute approximate surface area is 146 Å². The molecule has 0 aromatic carbocycles. The third kappa shape index (κ3) is 4.63. The third-order valence-electron chi connectivity index (χ3n) is 3.95. The standard InChI is InChI=1S/C18H19N2O4P/c1-2-19-9-5-15(6-10-19)17-3-4-18(24-17)16-7-11-20(12-8-16)13-14-25(21,22)23/h3-12H,2,13-14H2,1H3. The number of hydrogen-bond acceptors (Lipinski definition) is 4. The highest BCUT2D eigenvalue weighted by atomic mass is 31.2. The molecule has 0 bridgehead atoms. The van der Waals surface area contributed by atoms with Crippen LogP contribution in [0.25, 0.3) is 22.6 Å². The number of hydrogen-bond donors (Lipinski definition) is 0. The first kappa shape index (κ1) is 17.5. The van der Waals surface area contributed by atoms with Gasteiger partial charge in [-0.3, -0.25) is 0 Å². The van der Waals surface area contributed by atoms with E-state index in [1.54, 1.807) is 17.0 Å². The molecule has 3 heterocycles. The molecule has 7 heteroatoms. The van der Waals surface area contributed by atoms with Crippen LogP contribution >= 0.6 is 7.60 Å². The number of pyridine rings is 2. The Kier molecular flexibility index (Phi) is 5.13.